The lowest BCUT2D eigenvalue weighted by Gasteiger charge is -2.29. The van der Waals surface area contributed by atoms with Crippen molar-refractivity contribution in [1.82, 2.24) is 4.90 Å². The molecule has 0 aliphatic heterocycles. The molecule has 0 heterocycles. The maximum Gasteiger partial charge on any atom is 0.0934 e. The van der Waals surface area contributed by atoms with Gasteiger partial charge in [0.2, 0.25) is 0 Å². The lowest BCUT2D eigenvalue weighted by Crippen LogP contribution is -2.22. The highest BCUT2D eigenvalue weighted by Crippen LogP contribution is 2.39. The predicted molar refractivity (Wildman–Crippen MR) is 108 cm³/mol. The molecule has 1 atom stereocenters. The Balaban J connectivity index is 2.00. The van der Waals surface area contributed by atoms with E-state index in [9.17, 15) is 0 Å². The summed E-state index contributed by atoms with van der Waals surface area (Å²) in [6.45, 7) is 1.60. The van der Waals surface area contributed by atoms with Gasteiger partial charge in [-0.25, -0.2) is 0 Å². The second kappa shape index (κ2) is 9.33. The number of likely N-dealkylation sites (N-methyl/N-ethyl adjacent to an activating group) is 1. The van der Waals surface area contributed by atoms with Gasteiger partial charge in [-0.05, 0) is 30.8 Å². The van der Waals surface area contributed by atoms with Crippen LogP contribution in [0.4, 0.5) is 0 Å². The van der Waals surface area contributed by atoms with Crippen LogP contribution >= 0.6 is 0 Å². The molecule has 1 unspecified atom stereocenters. The van der Waals surface area contributed by atoms with Gasteiger partial charge in [0.05, 0.1) is 12.7 Å². The van der Waals surface area contributed by atoms with Crippen LogP contribution < -0.4 is 0 Å². The summed E-state index contributed by atoms with van der Waals surface area (Å²) in [6.07, 6.45) is -0.0269. The Morgan fingerprint density at radius 2 is 1.08 bits per heavy atom. The first-order valence-corrected chi connectivity index (χ1v) is 9.17. The molecule has 0 fully saturated rings. The lowest BCUT2D eigenvalue weighted by atomic mass is 9.83. The van der Waals surface area contributed by atoms with E-state index in [0.29, 0.717) is 6.61 Å². The van der Waals surface area contributed by atoms with Crippen molar-refractivity contribution in [1.29, 1.82) is 0 Å². The molecule has 26 heavy (non-hydrogen) atoms. The van der Waals surface area contributed by atoms with Gasteiger partial charge in [-0.3, -0.25) is 0 Å². The number of benzene rings is 3. The second-order valence-corrected chi connectivity index (χ2v) is 6.80. The van der Waals surface area contributed by atoms with Crippen LogP contribution in [-0.4, -0.2) is 32.1 Å². The standard InChI is InChI=1S/C24H27NO/c1-25(2)18-19-26-24(22-16-10-5-11-17-22)23(20-12-6-3-7-13-20)21-14-8-4-9-15-21/h3-17,23-24H,18-19H2,1-2H3. The van der Waals surface area contributed by atoms with Crippen molar-refractivity contribution in [3.63, 3.8) is 0 Å². The lowest BCUT2D eigenvalue weighted by molar-refractivity contribution is 0.0328. The van der Waals surface area contributed by atoms with E-state index in [4.69, 9.17) is 4.74 Å². The molecule has 2 nitrogen and oxygen atoms in total. The maximum atomic E-state index is 6.47. The first-order valence-electron chi connectivity index (χ1n) is 9.17. The third kappa shape index (κ3) is 4.81. The van der Waals surface area contributed by atoms with Crippen LogP contribution in [0.5, 0.6) is 0 Å². The van der Waals surface area contributed by atoms with Crippen molar-refractivity contribution in [2.75, 3.05) is 27.2 Å². The minimum atomic E-state index is -0.0269. The summed E-state index contributed by atoms with van der Waals surface area (Å²) in [4.78, 5) is 2.15. The van der Waals surface area contributed by atoms with Crippen molar-refractivity contribution in [2.24, 2.45) is 0 Å². The molecule has 3 aromatic carbocycles. The topological polar surface area (TPSA) is 12.5 Å². The van der Waals surface area contributed by atoms with Gasteiger partial charge >= 0.3 is 0 Å². The molecule has 0 aliphatic carbocycles. The van der Waals surface area contributed by atoms with Gasteiger partial charge in [-0.1, -0.05) is 91.0 Å². The van der Waals surface area contributed by atoms with E-state index in [0.717, 1.165) is 6.54 Å². The summed E-state index contributed by atoms with van der Waals surface area (Å²) in [5.74, 6) is 0.155. The van der Waals surface area contributed by atoms with E-state index in [2.05, 4.69) is 110 Å². The molecule has 0 radical (unpaired) electrons. The Labute approximate surface area is 157 Å². The van der Waals surface area contributed by atoms with Gasteiger partial charge in [0.1, 0.15) is 0 Å². The SMILES string of the molecule is CN(C)CCOC(c1ccccc1)C(c1ccccc1)c1ccccc1. The molecular weight excluding hydrogens is 318 g/mol. The monoisotopic (exact) mass is 345 g/mol. The molecule has 2 heteroatoms. The van der Waals surface area contributed by atoms with Crippen molar-refractivity contribution in [3.05, 3.63) is 108 Å². The van der Waals surface area contributed by atoms with Crippen molar-refractivity contribution < 1.29 is 4.74 Å². The zero-order valence-corrected chi connectivity index (χ0v) is 15.6. The Hall–Kier alpha value is -2.42. The van der Waals surface area contributed by atoms with Crippen molar-refractivity contribution in [2.45, 2.75) is 12.0 Å². The summed E-state index contributed by atoms with van der Waals surface area (Å²) in [7, 11) is 4.15. The molecule has 3 aromatic rings. The fourth-order valence-electron chi connectivity index (χ4n) is 3.25. The summed E-state index contributed by atoms with van der Waals surface area (Å²) in [5.41, 5.74) is 3.76. The normalized spacial score (nSPS) is 12.5. The highest BCUT2D eigenvalue weighted by molar-refractivity contribution is 5.37. The number of nitrogens with zero attached hydrogens (tertiary/aromatic N) is 1. The molecule has 134 valence electrons. The van der Waals surface area contributed by atoms with E-state index in [1.165, 1.54) is 16.7 Å². The van der Waals surface area contributed by atoms with Gasteiger partial charge in [0.25, 0.3) is 0 Å². The van der Waals surface area contributed by atoms with Crippen LogP contribution in [0.3, 0.4) is 0 Å². The highest BCUT2D eigenvalue weighted by atomic mass is 16.5. The fraction of sp³-hybridized carbons (Fsp3) is 0.250. The van der Waals surface area contributed by atoms with Gasteiger partial charge in [-0.15, -0.1) is 0 Å². The molecule has 0 N–H and O–H groups in total. The van der Waals surface area contributed by atoms with Crippen LogP contribution in [0.2, 0.25) is 0 Å². The Morgan fingerprint density at radius 3 is 1.50 bits per heavy atom. The fourth-order valence-corrected chi connectivity index (χ4v) is 3.25. The van der Waals surface area contributed by atoms with Crippen LogP contribution in [0.15, 0.2) is 91.0 Å². The molecular formula is C24H27NO. The third-order valence-electron chi connectivity index (χ3n) is 4.58. The van der Waals surface area contributed by atoms with Crippen LogP contribution in [0.1, 0.15) is 28.7 Å². The highest BCUT2D eigenvalue weighted by Gasteiger charge is 2.27. The number of rotatable bonds is 8. The first-order chi connectivity index (χ1) is 12.8. The molecule has 0 saturated heterocycles. The van der Waals surface area contributed by atoms with Gasteiger partial charge in [-0.2, -0.15) is 0 Å². The smallest absolute Gasteiger partial charge is 0.0934 e. The number of ether oxygens (including phenoxy) is 1. The maximum absolute atomic E-state index is 6.47. The summed E-state index contributed by atoms with van der Waals surface area (Å²) < 4.78 is 6.47. The van der Waals surface area contributed by atoms with E-state index >= 15 is 0 Å². The van der Waals surface area contributed by atoms with Crippen LogP contribution in [-0.2, 0) is 4.74 Å². The van der Waals surface area contributed by atoms with Crippen LogP contribution in [0.25, 0.3) is 0 Å². The van der Waals surface area contributed by atoms with Gasteiger partial charge in [0.15, 0.2) is 0 Å². The minimum absolute atomic E-state index is 0.0269. The number of hydrogen-bond donors (Lipinski definition) is 0. The van der Waals surface area contributed by atoms with Crippen LogP contribution in [0, 0.1) is 0 Å². The second-order valence-electron chi connectivity index (χ2n) is 6.80. The van der Waals surface area contributed by atoms with E-state index in [1.807, 2.05) is 0 Å². The molecule has 0 aliphatic rings. The summed E-state index contributed by atoms with van der Waals surface area (Å²) in [5, 5.41) is 0. The number of hydrogen-bond acceptors (Lipinski definition) is 2. The molecule has 0 amide bonds. The quantitative estimate of drug-likeness (QED) is 0.560. The molecule has 0 bridgehead atoms. The Bertz CT molecular complexity index is 716. The average molecular weight is 345 g/mol. The summed E-state index contributed by atoms with van der Waals surface area (Å²) >= 11 is 0. The van der Waals surface area contributed by atoms with E-state index in [-0.39, 0.29) is 12.0 Å². The molecule has 0 saturated carbocycles. The average Bonchev–Trinajstić information content (AvgIpc) is 2.69. The Morgan fingerprint density at radius 1 is 0.654 bits per heavy atom. The third-order valence-corrected chi connectivity index (χ3v) is 4.58. The molecule has 3 rings (SSSR count). The Kier molecular flexibility index (Phi) is 6.59. The first kappa shape index (κ1) is 18.4. The van der Waals surface area contributed by atoms with E-state index in [1.54, 1.807) is 0 Å². The van der Waals surface area contributed by atoms with Gasteiger partial charge < -0.3 is 9.64 Å². The van der Waals surface area contributed by atoms with E-state index < -0.39 is 0 Å². The van der Waals surface area contributed by atoms with Crippen molar-refractivity contribution in [3.8, 4) is 0 Å². The molecule has 0 aromatic heterocycles. The predicted octanol–water partition coefficient (Wildman–Crippen LogP) is 5.14. The molecule has 0 spiro atoms. The summed E-state index contributed by atoms with van der Waals surface area (Å²) in [6, 6.07) is 31.9. The van der Waals surface area contributed by atoms with Gasteiger partial charge in [0, 0.05) is 12.5 Å². The largest absolute Gasteiger partial charge is 0.371 e. The minimum Gasteiger partial charge on any atom is -0.371 e. The van der Waals surface area contributed by atoms with Crippen molar-refractivity contribution >= 4 is 0 Å². The zero-order chi connectivity index (χ0) is 18.2. The zero-order valence-electron chi connectivity index (χ0n) is 15.6.